The monoisotopic (exact) mass is 212 g/mol. The minimum atomic E-state index is -0.407. The third-order valence-corrected chi connectivity index (χ3v) is 2.49. The van der Waals surface area contributed by atoms with Gasteiger partial charge in [0.15, 0.2) is 0 Å². The van der Waals surface area contributed by atoms with Crippen LogP contribution in [-0.2, 0) is 0 Å². The molecule has 1 N–H and O–H groups in total. The molecule has 0 heterocycles. The van der Waals surface area contributed by atoms with E-state index in [4.69, 9.17) is 4.74 Å². The van der Waals surface area contributed by atoms with Crippen LogP contribution in [0, 0.1) is 0 Å². The zero-order valence-corrected chi connectivity index (χ0v) is 9.38. The van der Waals surface area contributed by atoms with Gasteiger partial charge < -0.3 is 9.84 Å². The lowest BCUT2D eigenvalue weighted by atomic mass is 10.1. The van der Waals surface area contributed by atoms with Gasteiger partial charge in [-0.25, -0.2) is 0 Å². The van der Waals surface area contributed by atoms with Gasteiger partial charge in [0.05, 0.1) is 12.7 Å². The molecule has 0 aliphatic carbocycles. The van der Waals surface area contributed by atoms with E-state index in [1.165, 1.54) is 0 Å². The Morgan fingerprint density at radius 1 is 1.36 bits per heavy atom. The Bertz CT molecular complexity index is 256. The Morgan fingerprint density at radius 2 is 2.00 bits per heavy atom. The molecule has 0 spiro atoms. The van der Waals surface area contributed by atoms with Gasteiger partial charge in [0.1, 0.15) is 5.75 Å². The Balaban J connectivity index is 2.47. The van der Waals surface area contributed by atoms with Crippen molar-refractivity contribution >= 4 is 11.8 Å². The van der Waals surface area contributed by atoms with Gasteiger partial charge in [-0.15, -0.1) is 0 Å². The van der Waals surface area contributed by atoms with Gasteiger partial charge in [-0.05, 0) is 30.9 Å². The minimum absolute atomic E-state index is 0.407. The van der Waals surface area contributed by atoms with Crippen molar-refractivity contribution in [2.24, 2.45) is 0 Å². The summed E-state index contributed by atoms with van der Waals surface area (Å²) in [5.74, 6) is 1.86. The highest BCUT2D eigenvalue weighted by Crippen LogP contribution is 2.17. The van der Waals surface area contributed by atoms with E-state index in [2.05, 4.69) is 6.26 Å². The molecule has 0 fully saturated rings. The number of hydrogen-bond donors (Lipinski definition) is 1. The predicted octanol–water partition coefficient (Wildman–Crippen LogP) is 2.48. The van der Waals surface area contributed by atoms with Gasteiger partial charge in [0.2, 0.25) is 0 Å². The van der Waals surface area contributed by atoms with Crippen molar-refractivity contribution in [2.75, 3.05) is 18.6 Å². The van der Waals surface area contributed by atoms with E-state index in [1.807, 2.05) is 24.3 Å². The fraction of sp³-hybridized carbons (Fsp3) is 0.455. The molecule has 0 radical (unpaired) electrons. The summed E-state index contributed by atoms with van der Waals surface area (Å²) in [6, 6.07) is 7.56. The van der Waals surface area contributed by atoms with E-state index in [1.54, 1.807) is 18.7 Å². The quantitative estimate of drug-likeness (QED) is 0.760. The largest absolute Gasteiger partial charge is 0.493 e. The molecule has 1 unspecified atom stereocenters. The molecule has 2 nitrogen and oxygen atoms in total. The first kappa shape index (κ1) is 11.4. The third kappa shape index (κ3) is 3.60. The molecule has 14 heavy (non-hydrogen) atoms. The molecule has 3 heteroatoms. The number of aliphatic hydroxyl groups excluding tert-OH is 1. The molecule has 1 aromatic rings. The van der Waals surface area contributed by atoms with Crippen molar-refractivity contribution in [1.29, 1.82) is 0 Å². The topological polar surface area (TPSA) is 29.5 Å². The van der Waals surface area contributed by atoms with Gasteiger partial charge in [-0.3, -0.25) is 0 Å². The smallest absolute Gasteiger partial charge is 0.119 e. The second-order valence-corrected chi connectivity index (χ2v) is 4.07. The van der Waals surface area contributed by atoms with Gasteiger partial charge in [0.25, 0.3) is 0 Å². The average molecular weight is 212 g/mol. The van der Waals surface area contributed by atoms with Crippen LogP contribution in [0.3, 0.4) is 0 Å². The first-order valence-corrected chi connectivity index (χ1v) is 6.03. The van der Waals surface area contributed by atoms with Gasteiger partial charge >= 0.3 is 0 Å². The Labute approximate surface area is 89.3 Å². The van der Waals surface area contributed by atoms with Crippen LogP contribution in [0.4, 0.5) is 0 Å². The lowest BCUT2D eigenvalue weighted by Gasteiger charge is -2.07. The summed E-state index contributed by atoms with van der Waals surface area (Å²) >= 11 is 1.76. The predicted molar refractivity (Wildman–Crippen MR) is 61.0 cm³/mol. The van der Waals surface area contributed by atoms with Crippen LogP contribution in [0.1, 0.15) is 18.6 Å². The van der Waals surface area contributed by atoms with Gasteiger partial charge in [-0.2, -0.15) is 11.8 Å². The van der Waals surface area contributed by atoms with Gasteiger partial charge in [0, 0.05) is 5.75 Å². The first-order chi connectivity index (χ1) is 6.74. The van der Waals surface area contributed by atoms with Crippen LogP contribution < -0.4 is 4.74 Å². The average Bonchev–Trinajstić information content (AvgIpc) is 2.19. The standard InChI is InChI=1S/C11H16O2S/c1-9(12)10-3-5-11(6-4-10)13-7-8-14-2/h3-6,9,12H,7-8H2,1-2H3. The van der Waals surface area contributed by atoms with Gasteiger partial charge in [-0.1, -0.05) is 12.1 Å². The third-order valence-electron chi connectivity index (χ3n) is 1.92. The maximum atomic E-state index is 9.28. The maximum Gasteiger partial charge on any atom is 0.119 e. The van der Waals surface area contributed by atoms with E-state index in [0.29, 0.717) is 0 Å². The summed E-state index contributed by atoms with van der Waals surface area (Å²) in [6.45, 7) is 2.48. The van der Waals surface area contributed by atoms with E-state index < -0.39 is 6.10 Å². The van der Waals surface area contributed by atoms with Crippen molar-refractivity contribution in [3.05, 3.63) is 29.8 Å². The number of rotatable bonds is 5. The van der Waals surface area contributed by atoms with Crippen LogP contribution >= 0.6 is 11.8 Å². The molecule has 0 aromatic heterocycles. The van der Waals surface area contributed by atoms with E-state index in [9.17, 15) is 5.11 Å². The molecular weight excluding hydrogens is 196 g/mol. The first-order valence-electron chi connectivity index (χ1n) is 4.64. The number of aliphatic hydroxyl groups is 1. The molecule has 0 saturated heterocycles. The lowest BCUT2D eigenvalue weighted by Crippen LogP contribution is -1.99. The second-order valence-electron chi connectivity index (χ2n) is 3.09. The molecular formula is C11H16O2S. The second kappa shape index (κ2) is 5.94. The van der Waals surface area contributed by atoms with Crippen LogP contribution in [0.5, 0.6) is 5.75 Å². The molecule has 78 valence electrons. The van der Waals surface area contributed by atoms with Crippen LogP contribution in [0.15, 0.2) is 24.3 Å². The molecule has 0 aliphatic heterocycles. The SMILES string of the molecule is CSCCOc1ccc(C(C)O)cc1. The number of benzene rings is 1. The van der Waals surface area contributed by atoms with E-state index in [0.717, 1.165) is 23.7 Å². The Morgan fingerprint density at radius 3 is 2.50 bits per heavy atom. The van der Waals surface area contributed by atoms with Crippen molar-refractivity contribution < 1.29 is 9.84 Å². The highest BCUT2D eigenvalue weighted by atomic mass is 32.2. The molecule has 1 aromatic carbocycles. The number of thioether (sulfide) groups is 1. The summed E-state index contributed by atoms with van der Waals surface area (Å²) in [5, 5.41) is 9.28. The zero-order valence-electron chi connectivity index (χ0n) is 8.56. The summed E-state index contributed by atoms with van der Waals surface area (Å²) in [5.41, 5.74) is 0.919. The van der Waals surface area contributed by atoms with E-state index >= 15 is 0 Å². The Hall–Kier alpha value is -0.670. The number of ether oxygens (including phenoxy) is 1. The molecule has 1 atom stereocenters. The fourth-order valence-corrected chi connectivity index (χ4v) is 1.34. The normalized spacial score (nSPS) is 12.5. The fourth-order valence-electron chi connectivity index (χ4n) is 1.09. The van der Waals surface area contributed by atoms with Crippen LogP contribution in [0.2, 0.25) is 0 Å². The summed E-state index contributed by atoms with van der Waals surface area (Å²) < 4.78 is 5.48. The summed E-state index contributed by atoms with van der Waals surface area (Å²) in [4.78, 5) is 0. The van der Waals surface area contributed by atoms with E-state index in [-0.39, 0.29) is 0 Å². The van der Waals surface area contributed by atoms with Crippen molar-refractivity contribution in [1.82, 2.24) is 0 Å². The summed E-state index contributed by atoms with van der Waals surface area (Å²) in [6.07, 6.45) is 1.65. The van der Waals surface area contributed by atoms with Crippen molar-refractivity contribution in [3.63, 3.8) is 0 Å². The molecule has 0 saturated carbocycles. The minimum Gasteiger partial charge on any atom is -0.493 e. The molecule has 0 bridgehead atoms. The molecule has 0 amide bonds. The summed E-state index contributed by atoms with van der Waals surface area (Å²) in [7, 11) is 0. The zero-order chi connectivity index (χ0) is 10.4. The van der Waals surface area contributed by atoms with Crippen LogP contribution in [0.25, 0.3) is 0 Å². The lowest BCUT2D eigenvalue weighted by molar-refractivity contribution is 0.199. The number of hydrogen-bond acceptors (Lipinski definition) is 3. The van der Waals surface area contributed by atoms with Crippen molar-refractivity contribution in [3.8, 4) is 5.75 Å². The molecule has 1 rings (SSSR count). The maximum absolute atomic E-state index is 9.28. The van der Waals surface area contributed by atoms with Crippen molar-refractivity contribution in [2.45, 2.75) is 13.0 Å². The van der Waals surface area contributed by atoms with Crippen LogP contribution in [-0.4, -0.2) is 23.7 Å². The highest BCUT2D eigenvalue weighted by molar-refractivity contribution is 7.98. The molecule has 0 aliphatic rings. The Kier molecular flexibility index (Phi) is 4.84. The highest BCUT2D eigenvalue weighted by Gasteiger charge is 2.00.